The number of carbonyl (C=O) groups is 2. The summed E-state index contributed by atoms with van der Waals surface area (Å²) in [6.45, 7) is 3.00. The van der Waals surface area contributed by atoms with Crippen LogP contribution in [0.4, 0.5) is 23.7 Å². The van der Waals surface area contributed by atoms with Gasteiger partial charge in [-0.05, 0) is 54.2 Å². The standard InChI is InChI=1S/C35H44F3N3O6S/c1-24(2)22-41(48(45,46)30-19-17-28(39)18-20-30)29(23-42)16-10-15-27(35(36,37)38)21-31(43)33(40-34(44)47-3)32(25-11-6-4-7-12-25)26-13-8-5-9-14-26/h4-9,11-14,17-20,24,27,29,32-33,42H,10,15-16,21-23,39H2,1-3H3,(H,40,44)/t27-,29-,33+/m0/s1. The molecule has 13 heteroatoms. The Kier molecular flexibility index (Phi) is 14.0. The molecule has 0 bridgehead atoms. The number of aliphatic hydroxyl groups is 1. The number of sulfonamides is 1. The predicted molar refractivity (Wildman–Crippen MR) is 178 cm³/mol. The second kappa shape index (κ2) is 17.5. The lowest BCUT2D eigenvalue weighted by Crippen LogP contribution is -2.46. The lowest BCUT2D eigenvalue weighted by Gasteiger charge is -2.32. The molecule has 4 N–H and O–H groups in total. The number of nitrogens with one attached hydrogen (secondary N) is 1. The molecule has 0 fully saturated rings. The average Bonchev–Trinajstić information content (AvgIpc) is 3.05. The Labute approximate surface area is 280 Å². The smallest absolute Gasteiger partial charge is 0.407 e. The maximum absolute atomic E-state index is 14.5. The third-order valence-electron chi connectivity index (χ3n) is 8.11. The van der Waals surface area contributed by atoms with Crippen molar-refractivity contribution < 1.29 is 41.0 Å². The molecule has 0 saturated heterocycles. The summed E-state index contributed by atoms with van der Waals surface area (Å²) in [5, 5.41) is 12.7. The van der Waals surface area contributed by atoms with E-state index in [1.165, 1.54) is 24.3 Å². The highest BCUT2D eigenvalue weighted by molar-refractivity contribution is 7.89. The zero-order chi connectivity index (χ0) is 35.5. The summed E-state index contributed by atoms with van der Waals surface area (Å²) in [7, 11) is -3.02. The maximum atomic E-state index is 14.5. The summed E-state index contributed by atoms with van der Waals surface area (Å²) in [6, 6.07) is 20.5. The van der Waals surface area contributed by atoms with E-state index in [9.17, 15) is 36.3 Å². The van der Waals surface area contributed by atoms with E-state index in [0.29, 0.717) is 16.8 Å². The van der Waals surface area contributed by atoms with Gasteiger partial charge in [-0.15, -0.1) is 0 Å². The van der Waals surface area contributed by atoms with E-state index in [4.69, 9.17) is 10.5 Å². The first kappa shape index (κ1) is 38.5. The van der Waals surface area contributed by atoms with Crippen LogP contribution >= 0.6 is 0 Å². The minimum atomic E-state index is -4.77. The predicted octanol–water partition coefficient (Wildman–Crippen LogP) is 6.14. The second-order valence-electron chi connectivity index (χ2n) is 12.1. The minimum absolute atomic E-state index is 0.0281. The number of alkyl halides is 3. The number of nitrogens with two attached hydrogens (primary N) is 1. The van der Waals surface area contributed by atoms with Crippen molar-refractivity contribution >= 4 is 27.6 Å². The molecule has 0 aliphatic carbocycles. The van der Waals surface area contributed by atoms with Crippen LogP contribution in [0, 0.1) is 11.8 Å². The van der Waals surface area contributed by atoms with Gasteiger partial charge in [-0.1, -0.05) is 80.9 Å². The molecule has 3 aromatic rings. The van der Waals surface area contributed by atoms with Gasteiger partial charge in [0.15, 0.2) is 5.78 Å². The van der Waals surface area contributed by atoms with E-state index >= 15 is 0 Å². The molecule has 1 amide bonds. The largest absolute Gasteiger partial charge is 0.453 e. The number of ether oxygens (including phenoxy) is 1. The normalized spacial score (nSPS) is 14.1. The molecule has 3 atom stereocenters. The number of alkyl carbamates (subject to hydrolysis) is 1. The van der Waals surface area contributed by atoms with Crippen LogP contribution in [0.5, 0.6) is 0 Å². The SMILES string of the molecule is COC(=O)N[C@H](C(=O)C[C@H](CCC[C@@H](CO)N(CC(C)C)S(=O)(=O)c1ccc(N)cc1)C(F)(F)F)C(c1ccccc1)c1ccccc1. The monoisotopic (exact) mass is 691 g/mol. The minimum Gasteiger partial charge on any atom is -0.453 e. The number of benzene rings is 3. The number of methoxy groups -OCH3 is 1. The average molecular weight is 692 g/mol. The quantitative estimate of drug-likeness (QED) is 0.145. The van der Waals surface area contributed by atoms with Crippen molar-refractivity contribution in [2.45, 2.75) is 68.6 Å². The molecular weight excluding hydrogens is 647 g/mol. The number of halogens is 3. The fourth-order valence-electron chi connectivity index (χ4n) is 5.69. The summed E-state index contributed by atoms with van der Waals surface area (Å²) in [5.41, 5.74) is 7.29. The molecule has 0 aliphatic heterocycles. The number of hydrogen-bond acceptors (Lipinski definition) is 7. The van der Waals surface area contributed by atoms with Crippen LogP contribution in [0.2, 0.25) is 0 Å². The third-order valence-corrected chi connectivity index (χ3v) is 10.0. The van der Waals surface area contributed by atoms with Crippen LogP contribution in [0.15, 0.2) is 89.8 Å². The zero-order valence-corrected chi connectivity index (χ0v) is 28.1. The third kappa shape index (κ3) is 10.5. The van der Waals surface area contributed by atoms with Gasteiger partial charge < -0.3 is 20.9 Å². The van der Waals surface area contributed by atoms with E-state index in [-0.39, 0.29) is 30.2 Å². The Morgan fingerprint density at radius 1 is 0.917 bits per heavy atom. The fourth-order valence-corrected chi connectivity index (χ4v) is 7.50. The number of anilines is 1. The van der Waals surface area contributed by atoms with Crippen molar-refractivity contribution in [2.75, 3.05) is 26.0 Å². The molecule has 0 heterocycles. The van der Waals surface area contributed by atoms with Crippen LogP contribution in [0.3, 0.4) is 0 Å². The van der Waals surface area contributed by atoms with Crippen molar-refractivity contribution in [1.29, 1.82) is 0 Å². The fraction of sp³-hybridized carbons (Fsp3) is 0.429. The number of hydrogen-bond donors (Lipinski definition) is 3. The first-order valence-corrected chi connectivity index (χ1v) is 17.1. The number of rotatable bonds is 17. The summed E-state index contributed by atoms with van der Waals surface area (Å²) >= 11 is 0. The van der Waals surface area contributed by atoms with Gasteiger partial charge in [-0.2, -0.15) is 17.5 Å². The Balaban J connectivity index is 1.87. The number of carbonyl (C=O) groups excluding carboxylic acids is 2. The summed E-state index contributed by atoms with van der Waals surface area (Å²) in [5.74, 6) is -3.89. The highest BCUT2D eigenvalue weighted by atomic mass is 32.2. The number of nitrogen functional groups attached to an aromatic ring is 1. The van der Waals surface area contributed by atoms with Gasteiger partial charge in [0, 0.05) is 30.6 Å². The van der Waals surface area contributed by atoms with Gasteiger partial charge in [-0.25, -0.2) is 13.2 Å². The zero-order valence-electron chi connectivity index (χ0n) is 27.3. The molecule has 0 radical (unpaired) electrons. The van der Waals surface area contributed by atoms with Crippen LogP contribution < -0.4 is 11.1 Å². The molecule has 48 heavy (non-hydrogen) atoms. The lowest BCUT2D eigenvalue weighted by molar-refractivity contribution is -0.181. The van der Waals surface area contributed by atoms with Crippen molar-refractivity contribution in [3.05, 3.63) is 96.1 Å². The molecule has 9 nitrogen and oxygen atoms in total. The van der Waals surface area contributed by atoms with E-state index in [1.807, 2.05) is 0 Å². The molecule has 3 aromatic carbocycles. The van der Waals surface area contributed by atoms with E-state index in [0.717, 1.165) is 11.4 Å². The van der Waals surface area contributed by atoms with E-state index < -0.39 is 71.4 Å². The molecule has 0 aliphatic rings. The molecule has 3 rings (SSSR count). The first-order valence-electron chi connectivity index (χ1n) is 15.7. The number of ketones is 1. The lowest BCUT2D eigenvalue weighted by atomic mass is 9.80. The van der Waals surface area contributed by atoms with Crippen molar-refractivity contribution in [3.8, 4) is 0 Å². The van der Waals surface area contributed by atoms with Crippen molar-refractivity contribution in [2.24, 2.45) is 11.8 Å². The van der Waals surface area contributed by atoms with Crippen LogP contribution in [0.1, 0.15) is 56.6 Å². The van der Waals surface area contributed by atoms with Crippen molar-refractivity contribution in [1.82, 2.24) is 9.62 Å². The van der Waals surface area contributed by atoms with Crippen molar-refractivity contribution in [3.63, 3.8) is 0 Å². The van der Waals surface area contributed by atoms with Gasteiger partial charge in [0.2, 0.25) is 10.0 Å². The first-order chi connectivity index (χ1) is 22.7. The van der Waals surface area contributed by atoms with E-state index in [1.54, 1.807) is 74.5 Å². The highest BCUT2D eigenvalue weighted by Crippen LogP contribution is 2.36. The van der Waals surface area contributed by atoms with Gasteiger partial charge in [0.25, 0.3) is 0 Å². The van der Waals surface area contributed by atoms with Gasteiger partial charge in [0.1, 0.15) is 6.04 Å². The summed E-state index contributed by atoms with van der Waals surface area (Å²) < 4.78 is 76.4. The highest BCUT2D eigenvalue weighted by Gasteiger charge is 2.43. The molecule has 262 valence electrons. The number of amides is 1. The number of nitrogens with zero attached hydrogens (tertiary/aromatic N) is 1. The Morgan fingerprint density at radius 2 is 1.46 bits per heavy atom. The molecule has 0 spiro atoms. The van der Waals surface area contributed by atoms with Gasteiger partial charge >= 0.3 is 12.3 Å². The Hall–Kier alpha value is -3.94. The number of aliphatic hydroxyl groups excluding tert-OH is 1. The second-order valence-corrected chi connectivity index (χ2v) is 14.0. The van der Waals surface area contributed by atoms with Gasteiger partial charge in [-0.3, -0.25) is 4.79 Å². The topological polar surface area (TPSA) is 139 Å². The number of Topliss-reactive ketones (excluding diaryl/α,β-unsaturated/α-hetero) is 1. The molecule has 0 saturated carbocycles. The Morgan fingerprint density at radius 3 is 1.92 bits per heavy atom. The molecule has 0 aromatic heterocycles. The summed E-state index contributed by atoms with van der Waals surface area (Å²) in [4.78, 5) is 26.2. The van der Waals surface area contributed by atoms with E-state index in [2.05, 4.69) is 5.32 Å². The van der Waals surface area contributed by atoms with Crippen LogP contribution in [-0.4, -0.2) is 68.2 Å². The Bertz CT molecular complexity index is 1520. The van der Waals surface area contributed by atoms with Crippen LogP contribution in [-0.2, 0) is 19.6 Å². The molecule has 0 unspecified atom stereocenters. The maximum Gasteiger partial charge on any atom is 0.407 e. The van der Waals surface area contributed by atoms with Gasteiger partial charge in [0.05, 0.1) is 24.5 Å². The van der Waals surface area contributed by atoms with Crippen LogP contribution in [0.25, 0.3) is 0 Å². The molecular formula is C35H44F3N3O6S. The summed E-state index contributed by atoms with van der Waals surface area (Å²) in [6.07, 6.45) is -7.40.